The van der Waals surface area contributed by atoms with Crippen molar-refractivity contribution in [3.05, 3.63) is 93.2 Å². The first-order chi connectivity index (χ1) is 12.7. The SMILES string of the molecule is C[C@@]1(C(=O)NCc2cccs2)CC2c3ccccc3C1c1ccccc12. The van der Waals surface area contributed by atoms with Crippen molar-refractivity contribution in [1.29, 1.82) is 0 Å². The molecule has 0 saturated heterocycles. The van der Waals surface area contributed by atoms with Gasteiger partial charge in [-0.2, -0.15) is 0 Å². The number of thiophene rings is 1. The maximum Gasteiger partial charge on any atom is 0.227 e. The van der Waals surface area contributed by atoms with Crippen LogP contribution in [-0.4, -0.2) is 5.91 Å². The van der Waals surface area contributed by atoms with Gasteiger partial charge in [0, 0.05) is 16.7 Å². The minimum absolute atomic E-state index is 0.128. The van der Waals surface area contributed by atoms with Crippen LogP contribution in [0.4, 0.5) is 0 Å². The minimum atomic E-state index is -0.412. The maximum absolute atomic E-state index is 13.3. The summed E-state index contributed by atoms with van der Waals surface area (Å²) in [6.45, 7) is 2.77. The second kappa shape index (κ2) is 5.82. The van der Waals surface area contributed by atoms with E-state index in [4.69, 9.17) is 0 Å². The van der Waals surface area contributed by atoms with Gasteiger partial charge in [-0.1, -0.05) is 54.6 Å². The number of fused-ring (bicyclic) bond motifs is 1. The molecule has 2 nitrogen and oxygen atoms in total. The Balaban J connectivity index is 1.56. The summed E-state index contributed by atoms with van der Waals surface area (Å²) in [5, 5.41) is 5.27. The number of carbonyl (C=O) groups is 1. The fourth-order valence-corrected chi connectivity index (χ4v) is 5.62. The van der Waals surface area contributed by atoms with E-state index >= 15 is 0 Å². The Bertz CT molecular complexity index is 930. The standard InChI is InChI=1S/C23H21NOS/c1-23(22(25)24-14-15-7-6-12-26-15)13-20-16-8-2-4-10-18(16)21(23)19-11-5-3-9-17(19)20/h2-12,20-21H,13-14H2,1H3,(H,24,25)/t20?,21?,23-/m1/s1. The molecule has 3 aromatic rings. The Hall–Kier alpha value is -2.39. The van der Waals surface area contributed by atoms with Gasteiger partial charge in [0.15, 0.2) is 0 Å². The quantitative estimate of drug-likeness (QED) is 0.696. The molecule has 0 aliphatic heterocycles. The zero-order valence-electron chi connectivity index (χ0n) is 14.7. The minimum Gasteiger partial charge on any atom is -0.351 e. The van der Waals surface area contributed by atoms with Gasteiger partial charge in [0.05, 0.1) is 12.0 Å². The van der Waals surface area contributed by atoms with Crippen LogP contribution in [0.1, 0.15) is 52.3 Å². The van der Waals surface area contributed by atoms with Crippen molar-refractivity contribution < 1.29 is 4.79 Å². The number of nitrogens with one attached hydrogen (secondary N) is 1. The third-order valence-corrected chi connectivity index (χ3v) is 7.03. The summed E-state index contributed by atoms with van der Waals surface area (Å²) in [6, 6.07) is 21.5. The zero-order chi connectivity index (χ0) is 17.7. The summed E-state index contributed by atoms with van der Waals surface area (Å²) < 4.78 is 0. The average molecular weight is 359 g/mol. The van der Waals surface area contributed by atoms with E-state index in [-0.39, 0.29) is 11.8 Å². The van der Waals surface area contributed by atoms with Crippen molar-refractivity contribution in [3.63, 3.8) is 0 Å². The summed E-state index contributed by atoms with van der Waals surface area (Å²) in [5.74, 6) is 0.609. The normalized spacial score (nSPS) is 25.4. The van der Waals surface area contributed by atoms with Crippen molar-refractivity contribution >= 4 is 17.2 Å². The van der Waals surface area contributed by atoms with Crippen LogP contribution < -0.4 is 5.32 Å². The molecule has 1 heterocycles. The third kappa shape index (κ3) is 2.20. The molecule has 3 heteroatoms. The molecular weight excluding hydrogens is 338 g/mol. The molecule has 2 bridgehead atoms. The highest BCUT2D eigenvalue weighted by Gasteiger charge is 2.53. The van der Waals surface area contributed by atoms with Crippen molar-refractivity contribution in [1.82, 2.24) is 5.32 Å². The van der Waals surface area contributed by atoms with Gasteiger partial charge in [-0.25, -0.2) is 0 Å². The smallest absolute Gasteiger partial charge is 0.227 e. The molecule has 6 rings (SSSR count). The van der Waals surface area contributed by atoms with Crippen LogP contribution in [0.3, 0.4) is 0 Å². The van der Waals surface area contributed by atoms with Crippen molar-refractivity contribution in [2.24, 2.45) is 5.41 Å². The van der Waals surface area contributed by atoms with E-state index in [1.165, 1.54) is 27.1 Å². The second-order valence-electron chi connectivity index (χ2n) is 7.63. The van der Waals surface area contributed by atoms with E-state index < -0.39 is 5.41 Å². The molecular formula is C23H21NOS. The molecule has 26 heavy (non-hydrogen) atoms. The predicted molar refractivity (Wildman–Crippen MR) is 105 cm³/mol. The first kappa shape index (κ1) is 15.8. The largest absolute Gasteiger partial charge is 0.351 e. The van der Waals surface area contributed by atoms with E-state index in [0.717, 1.165) is 6.42 Å². The molecule has 0 radical (unpaired) electrons. The fraction of sp³-hybridized carbons (Fsp3) is 0.261. The van der Waals surface area contributed by atoms with Gasteiger partial charge in [0.25, 0.3) is 0 Å². The zero-order valence-corrected chi connectivity index (χ0v) is 15.6. The van der Waals surface area contributed by atoms with Crippen LogP contribution in [0.2, 0.25) is 0 Å². The number of carbonyl (C=O) groups excluding carboxylic acids is 1. The third-order valence-electron chi connectivity index (χ3n) is 6.15. The van der Waals surface area contributed by atoms with Crippen LogP contribution in [-0.2, 0) is 11.3 Å². The average Bonchev–Trinajstić information content (AvgIpc) is 3.20. The number of hydrogen-bond donors (Lipinski definition) is 1. The van der Waals surface area contributed by atoms with E-state index in [1.807, 2.05) is 6.07 Å². The van der Waals surface area contributed by atoms with Gasteiger partial charge in [-0.05, 0) is 47.0 Å². The molecule has 130 valence electrons. The Morgan fingerprint density at radius 3 is 2.19 bits per heavy atom. The summed E-state index contributed by atoms with van der Waals surface area (Å²) in [7, 11) is 0. The molecule has 2 aromatic carbocycles. The second-order valence-corrected chi connectivity index (χ2v) is 8.66. The van der Waals surface area contributed by atoms with Gasteiger partial charge >= 0.3 is 0 Å². The van der Waals surface area contributed by atoms with Gasteiger partial charge in [-0.15, -0.1) is 11.3 Å². The predicted octanol–water partition coefficient (Wildman–Crippen LogP) is 5.05. The molecule has 1 aromatic heterocycles. The molecule has 3 aliphatic carbocycles. The first-order valence-corrected chi connectivity index (χ1v) is 10.0. The summed E-state index contributed by atoms with van der Waals surface area (Å²) in [4.78, 5) is 14.5. The van der Waals surface area contributed by atoms with Crippen LogP contribution in [0.5, 0.6) is 0 Å². The van der Waals surface area contributed by atoms with Gasteiger partial charge in [0.2, 0.25) is 5.91 Å². The highest BCUT2D eigenvalue weighted by molar-refractivity contribution is 7.09. The van der Waals surface area contributed by atoms with Crippen LogP contribution in [0, 0.1) is 5.41 Å². The summed E-state index contributed by atoms with van der Waals surface area (Å²) >= 11 is 1.69. The van der Waals surface area contributed by atoms with Gasteiger partial charge in [-0.3, -0.25) is 4.79 Å². The van der Waals surface area contributed by atoms with Crippen molar-refractivity contribution in [3.8, 4) is 0 Å². The lowest BCUT2D eigenvalue weighted by Gasteiger charge is -2.50. The molecule has 1 amide bonds. The lowest BCUT2D eigenvalue weighted by atomic mass is 9.52. The van der Waals surface area contributed by atoms with E-state index in [2.05, 4.69) is 72.2 Å². The number of benzene rings is 2. The molecule has 3 aliphatic rings. The highest BCUT2D eigenvalue weighted by Crippen LogP contribution is 2.60. The van der Waals surface area contributed by atoms with E-state index in [0.29, 0.717) is 12.5 Å². The number of amides is 1. The van der Waals surface area contributed by atoms with E-state index in [9.17, 15) is 4.79 Å². The Labute approximate surface area is 157 Å². The lowest BCUT2D eigenvalue weighted by molar-refractivity contribution is -0.132. The van der Waals surface area contributed by atoms with E-state index in [1.54, 1.807) is 11.3 Å². The number of rotatable bonds is 3. The Morgan fingerprint density at radius 2 is 1.62 bits per heavy atom. The number of hydrogen-bond acceptors (Lipinski definition) is 2. The Morgan fingerprint density at radius 1 is 1.00 bits per heavy atom. The Kier molecular flexibility index (Phi) is 3.54. The van der Waals surface area contributed by atoms with Gasteiger partial charge < -0.3 is 5.32 Å². The molecule has 0 spiro atoms. The first-order valence-electron chi connectivity index (χ1n) is 9.17. The van der Waals surface area contributed by atoms with Gasteiger partial charge in [0.1, 0.15) is 0 Å². The van der Waals surface area contributed by atoms with Crippen LogP contribution >= 0.6 is 11.3 Å². The monoisotopic (exact) mass is 359 g/mol. The highest BCUT2D eigenvalue weighted by atomic mass is 32.1. The van der Waals surface area contributed by atoms with Crippen LogP contribution in [0.25, 0.3) is 0 Å². The molecule has 1 N–H and O–H groups in total. The van der Waals surface area contributed by atoms with Crippen molar-refractivity contribution in [2.45, 2.75) is 31.7 Å². The summed E-state index contributed by atoms with van der Waals surface area (Å²) in [6.07, 6.45) is 0.877. The molecule has 1 atom stereocenters. The summed E-state index contributed by atoms with van der Waals surface area (Å²) in [5.41, 5.74) is 5.05. The lowest BCUT2D eigenvalue weighted by Crippen LogP contribution is -2.49. The molecule has 0 unspecified atom stereocenters. The molecule has 0 fully saturated rings. The molecule has 0 saturated carbocycles. The topological polar surface area (TPSA) is 29.1 Å². The van der Waals surface area contributed by atoms with Crippen molar-refractivity contribution in [2.75, 3.05) is 0 Å². The van der Waals surface area contributed by atoms with Crippen LogP contribution in [0.15, 0.2) is 66.0 Å². The maximum atomic E-state index is 13.3. The fourth-order valence-electron chi connectivity index (χ4n) is 4.97.